The summed E-state index contributed by atoms with van der Waals surface area (Å²) in [4.78, 5) is 28.5. The fraction of sp³-hybridized carbons (Fsp3) is 0.280. The summed E-state index contributed by atoms with van der Waals surface area (Å²) in [6.07, 6.45) is 5.12. The van der Waals surface area contributed by atoms with Crippen LogP contribution in [0, 0.1) is 5.82 Å². The average molecular weight is 450 g/mol. The monoisotopic (exact) mass is 450 g/mol. The van der Waals surface area contributed by atoms with Crippen molar-refractivity contribution in [1.82, 2.24) is 5.32 Å². The van der Waals surface area contributed by atoms with Crippen LogP contribution < -0.4 is 19.7 Å². The Labute approximate surface area is 190 Å². The molecule has 33 heavy (non-hydrogen) atoms. The molecule has 0 spiro atoms. The van der Waals surface area contributed by atoms with Crippen LogP contribution in [0.25, 0.3) is 0 Å². The smallest absolute Gasteiger partial charge is 0.294 e. The van der Waals surface area contributed by atoms with Crippen molar-refractivity contribution in [2.45, 2.75) is 37.8 Å². The zero-order chi connectivity index (χ0) is 22.8. The number of nitrogens with zero attached hydrogens (tertiary/aromatic N) is 1. The molecule has 2 heterocycles. The Balaban J connectivity index is 1.62. The van der Waals surface area contributed by atoms with E-state index in [1.807, 2.05) is 0 Å². The summed E-state index contributed by atoms with van der Waals surface area (Å²) in [6, 6.07) is 12.7. The summed E-state index contributed by atoms with van der Waals surface area (Å²) in [6.45, 7) is 0.0594. The number of fused-ring (bicyclic) bond motifs is 1. The van der Waals surface area contributed by atoms with Crippen LogP contribution in [0.3, 0.4) is 0 Å². The van der Waals surface area contributed by atoms with Gasteiger partial charge in [-0.25, -0.2) is 4.39 Å². The SMILES string of the molecule is O=C(NC1CCCC1)[C@@H](c1ccccc1F)N(C(=O)c1ccco1)c1ccc2c(c1)OCO2. The average Bonchev–Trinajstić information content (AvgIpc) is 3.60. The molecule has 1 N–H and O–H groups in total. The Morgan fingerprint density at radius 1 is 1.00 bits per heavy atom. The van der Waals surface area contributed by atoms with Gasteiger partial charge in [0.25, 0.3) is 5.91 Å². The molecular formula is C25H23FN2O5. The maximum atomic E-state index is 15.0. The largest absolute Gasteiger partial charge is 0.459 e. The van der Waals surface area contributed by atoms with Crippen molar-refractivity contribution in [3.8, 4) is 11.5 Å². The van der Waals surface area contributed by atoms with Crippen molar-refractivity contribution in [2.24, 2.45) is 0 Å². The maximum Gasteiger partial charge on any atom is 0.294 e. The highest BCUT2D eigenvalue weighted by Gasteiger charge is 2.37. The highest BCUT2D eigenvalue weighted by Crippen LogP contribution is 2.39. The first-order valence-electron chi connectivity index (χ1n) is 10.9. The topological polar surface area (TPSA) is 81.0 Å². The van der Waals surface area contributed by atoms with Gasteiger partial charge >= 0.3 is 0 Å². The van der Waals surface area contributed by atoms with Crippen molar-refractivity contribution in [3.05, 3.63) is 78.0 Å². The third-order valence-electron chi connectivity index (χ3n) is 5.99. The van der Waals surface area contributed by atoms with E-state index in [-0.39, 0.29) is 24.2 Å². The molecule has 1 aliphatic heterocycles. The number of hydrogen-bond acceptors (Lipinski definition) is 5. The van der Waals surface area contributed by atoms with Gasteiger partial charge in [-0.2, -0.15) is 0 Å². The van der Waals surface area contributed by atoms with Crippen molar-refractivity contribution in [2.75, 3.05) is 11.7 Å². The normalized spacial score (nSPS) is 15.9. The molecule has 7 nitrogen and oxygen atoms in total. The fourth-order valence-corrected chi connectivity index (χ4v) is 4.38. The van der Waals surface area contributed by atoms with E-state index < -0.39 is 23.7 Å². The number of carbonyl (C=O) groups excluding carboxylic acids is 2. The van der Waals surface area contributed by atoms with Crippen molar-refractivity contribution < 1.29 is 27.9 Å². The van der Waals surface area contributed by atoms with Gasteiger partial charge < -0.3 is 19.2 Å². The van der Waals surface area contributed by atoms with E-state index in [9.17, 15) is 9.59 Å². The maximum absolute atomic E-state index is 15.0. The molecule has 1 aromatic heterocycles. The molecule has 1 atom stereocenters. The van der Waals surface area contributed by atoms with Gasteiger partial charge in [-0.1, -0.05) is 31.0 Å². The third-order valence-corrected chi connectivity index (χ3v) is 5.99. The summed E-state index contributed by atoms with van der Waals surface area (Å²) >= 11 is 0. The molecule has 2 amide bonds. The minimum Gasteiger partial charge on any atom is -0.459 e. The van der Waals surface area contributed by atoms with Crippen molar-refractivity contribution >= 4 is 17.5 Å². The molecule has 0 saturated heterocycles. The van der Waals surface area contributed by atoms with Crippen LogP contribution in [-0.2, 0) is 4.79 Å². The number of ether oxygens (including phenoxy) is 2. The molecule has 2 aromatic carbocycles. The summed E-state index contributed by atoms with van der Waals surface area (Å²) in [5, 5.41) is 3.02. The number of nitrogens with one attached hydrogen (secondary N) is 1. The Morgan fingerprint density at radius 2 is 1.79 bits per heavy atom. The van der Waals surface area contributed by atoms with Gasteiger partial charge in [0.1, 0.15) is 11.9 Å². The first-order chi connectivity index (χ1) is 16.1. The molecule has 1 saturated carbocycles. The number of benzene rings is 2. The van der Waals surface area contributed by atoms with Gasteiger partial charge in [-0.3, -0.25) is 14.5 Å². The summed E-state index contributed by atoms with van der Waals surface area (Å²) in [7, 11) is 0. The van der Waals surface area contributed by atoms with Crippen molar-refractivity contribution in [3.63, 3.8) is 0 Å². The lowest BCUT2D eigenvalue weighted by Crippen LogP contribution is -2.46. The Hall–Kier alpha value is -3.81. The van der Waals surface area contributed by atoms with Gasteiger partial charge in [-0.15, -0.1) is 0 Å². The van der Waals surface area contributed by atoms with Crippen molar-refractivity contribution in [1.29, 1.82) is 0 Å². The lowest BCUT2D eigenvalue weighted by molar-refractivity contribution is -0.123. The highest BCUT2D eigenvalue weighted by atomic mass is 19.1. The fourth-order valence-electron chi connectivity index (χ4n) is 4.38. The van der Waals surface area contributed by atoms with Crippen LogP contribution in [0.5, 0.6) is 11.5 Å². The van der Waals surface area contributed by atoms with E-state index in [1.165, 1.54) is 29.4 Å². The van der Waals surface area contributed by atoms with Crippen LogP contribution in [0.1, 0.15) is 47.8 Å². The number of rotatable bonds is 6. The van der Waals surface area contributed by atoms with E-state index in [0.717, 1.165) is 25.7 Å². The molecule has 0 radical (unpaired) electrons. The second-order valence-electron chi connectivity index (χ2n) is 8.10. The van der Waals surface area contributed by atoms with E-state index >= 15 is 4.39 Å². The number of carbonyl (C=O) groups is 2. The minimum absolute atomic E-state index is 0.0101. The van der Waals surface area contributed by atoms with Gasteiger partial charge in [-0.05, 0) is 43.2 Å². The van der Waals surface area contributed by atoms with Crippen LogP contribution in [0.2, 0.25) is 0 Å². The minimum atomic E-state index is -1.26. The molecule has 3 aromatic rings. The Kier molecular flexibility index (Phi) is 5.73. The molecular weight excluding hydrogens is 427 g/mol. The zero-order valence-electron chi connectivity index (χ0n) is 17.8. The number of anilines is 1. The standard InChI is InChI=1S/C25H23FN2O5/c26-19-9-4-3-8-18(19)23(24(29)27-16-6-1-2-7-16)28(25(30)21-10-5-13-31-21)17-11-12-20-22(14-17)33-15-32-20/h3-5,8-14,16,23H,1-2,6-7,15H2,(H,27,29)/t23-/m1/s1. The number of hydrogen-bond donors (Lipinski definition) is 1. The molecule has 5 rings (SSSR count). The van der Waals surface area contributed by atoms with Gasteiger partial charge in [0.2, 0.25) is 12.7 Å². The molecule has 2 aliphatic rings. The third kappa shape index (κ3) is 4.16. The Bertz CT molecular complexity index is 1160. The molecule has 0 unspecified atom stereocenters. The van der Waals surface area contributed by atoms with E-state index in [2.05, 4.69) is 5.32 Å². The first kappa shape index (κ1) is 21.1. The predicted octanol–water partition coefficient (Wildman–Crippen LogP) is 4.59. The Morgan fingerprint density at radius 3 is 2.55 bits per heavy atom. The van der Waals surface area contributed by atoms with Crippen LogP contribution in [0.4, 0.5) is 10.1 Å². The summed E-state index contributed by atoms with van der Waals surface area (Å²) < 4.78 is 31.2. The molecule has 0 bridgehead atoms. The highest BCUT2D eigenvalue weighted by molar-refractivity contribution is 6.08. The number of furan rings is 1. The first-order valence-corrected chi connectivity index (χ1v) is 10.9. The molecule has 1 aliphatic carbocycles. The second kappa shape index (κ2) is 8.97. The zero-order valence-corrected chi connectivity index (χ0v) is 17.8. The molecule has 8 heteroatoms. The van der Waals surface area contributed by atoms with Gasteiger partial charge in [0.15, 0.2) is 17.3 Å². The van der Waals surface area contributed by atoms with E-state index in [0.29, 0.717) is 17.2 Å². The number of amides is 2. The van der Waals surface area contributed by atoms with Crippen LogP contribution in [0.15, 0.2) is 65.3 Å². The van der Waals surface area contributed by atoms with E-state index in [4.69, 9.17) is 13.9 Å². The van der Waals surface area contributed by atoms with Gasteiger partial charge in [0, 0.05) is 23.4 Å². The lowest BCUT2D eigenvalue weighted by Gasteiger charge is -2.32. The summed E-state index contributed by atoms with van der Waals surface area (Å²) in [5.74, 6) is -0.613. The van der Waals surface area contributed by atoms with Crippen LogP contribution >= 0.6 is 0 Å². The predicted molar refractivity (Wildman–Crippen MR) is 118 cm³/mol. The van der Waals surface area contributed by atoms with E-state index in [1.54, 1.807) is 36.4 Å². The van der Waals surface area contributed by atoms with Gasteiger partial charge in [0.05, 0.1) is 6.26 Å². The number of halogens is 1. The molecule has 1 fully saturated rings. The quantitative estimate of drug-likeness (QED) is 0.594. The summed E-state index contributed by atoms with van der Waals surface area (Å²) in [5.41, 5.74) is 0.445. The second-order valence-corrected chi connectivity index (χ2v) is 8.10. The lowest BCUT2D eigenvalue weighted by atomic mass is 10.0. The van der Waals surface area contributed by atoms with Crippen LogP contribution in [-0.4, -0.2) is 24.6 Å². The molecule has 170 valence electrons.